The van der Waals surface area contributed by atoms with Gasteiger partial charge in [-0.3, -0.25) is 14.9 Å². The fraction of sp³-hybridized carbons (Fsp3) is 0.158. The molecule has 0 aromatic heterocycles. The summed E-state index contributed by atoms with van der Waals surface area (Å²) in [6.07, 6.45) is 2.66. The first-order valence-electron chi connectivity index (χ1n) is 8.03. The summed E-state index contributed by atoms with van der Waals surface area (Å²) in [6.45, 7) is 1.26. The van der Waals surface area contributed by atoms with Crippen molar-refractivity contribution >= 4 is 40.9 Å². The van der Waals surface area contributed by atoms with Crippen LogP contribution in [-0.2, 0) is 14.3 Å². The molecule has 0 saturated carbocycles. The monoisotopic (exact) mass is 404 g/mol. The Morgan fingerprint density at radius 2 is 2.00 bits per heavy atom. The van der Waals surface area contributed by atoms with Gasteiger partial charge in [-0.2, -0.15) is 0 Å². The molecule has 0 aliphatic rings. The minimum absolute atomic E-state index is 0.0308. The number of esters is 1. The van der Waals surface area contributed by atoms with Gasteiger partial charge in [0.1, 0.15) is 11.4 Å². The second kappa shape index (κ2) is 9.52. The number of benzene rings is 2. The molecular formula is C19H17ClN2O6. The number of ether oxygens (including phenoxy) is 2. The highest BCUT2D eigenvalue weighted by molar-refractivity contribution is 6.31. The van der Waals surface area contributed by atoms with Crippen molar-refractivity contribution in [2.45, 2.75) is 6.92 Å². The molecule has 2 aromatic carbocycles. The van der Waals surface area contributed by atoms with Crippen LogP contribution in [0.3, 0.4) is 0 Å². The molecule has 0 unspecified atom stereocenters. The molecule has 0 radical (unpaired) electrons. The number of halogens is 1. The Morgan fingerprint density at radius 3 is 2.64 bits per heavy atom. The van der Waals surface area contributed by atoms with Crippen molar-refractivity contribution in [3.8, 4) is 5.75 Å². The fourth-order valence-electron chi connectivity index (χ4n) is 2.14. The summed E-state index contributed by atoms with van der Waals surface area (Å²) >= 11 is 6.00. The number of rotatable bonds is 7. The summed E-state index contributed by atoms with van der Waals surface area (Å²) in [5.41, 5.74) is 1.24. The Bertz CT molecular complexity index is 942. The highest BCUT2D eigenvalue weighted by Crippen LogP contribution is 2.28. The molecule has 0 bridgehead atoms. The molecule has 0 fully saturated rings. The SMILES string of the molecule is COc1ccc(NC(=O)COC(=O)/C=C/c2ccc(C)c(Cl)c2)c([N+](=O)[O-])c1. The molecule has 8 nitrogen and oxygen atoms in total. The number of anilines is 1. The van der Waals surface area contributed by atoms with E-state index in [-0.39, 0.29) is 17.1 Å². The number of hydrogen-bond acceptors (Lipinski definition) is 6. The van der Waals surface area contributed by atoms with Crippen LogP contribution in [0.25, 0.3) is 6.08 Å². The molecule has 1 amide bonds. The summed E-state index contributed by atoms with van der Waals surface area (Å²) < 4.78 is 9.75. The van der Waals surface area contributed by atoms with Gasteiger partial charge in [-0.25, -0.2) is 4.79 Å². The van der Waals surface area contributed by atoms with E-state index in [4.69, 9.17) is 21.1 Å². The van der Waals surface area contributed by atoms with E-state index in [0.29, 0.717) is 10.6 Å². The van der Waals surface area contributed by atoms with Crippen molar-refractivity contribution in [2.75, 3.05) is 19.0 Å². The third-order valence-electron chi connectivity index (χ3n) is 3.63. The number of hydrogen-bond donors (Lipinski definition) is 1. The van der Waals surface area contributed by atoms with Crippen LogP contribution >= 0.6 is 11.6 Å². The van der Waals surface area contributed by atoms with E-state index in [0.717, 1.165) is 11.6 Å². The van der Waals surface area contributed by atoms with E-state index < -0.39 is 23.4 Å². The topological polar surface area (TPSA) is 108 Å². The first kappa shape index (κ1) is 20.9. The van der Waals surface area contributed by atoms with Crippen LogP contribution in [0.4, 0.5) is 11.4 Å². The summed E-state index contributed by atoms with van der Waals surface area (Å²) in [6, 6.07) is 9.25. The number of aryl methyl sites for hydroxylation is 1. The van der Waals surface area contributed by atoms with Crippen LogP contribution in [0.2, 0.25) is 5.02 Å². The van der Waals surface area contributed by atoms with Crippen LogP contribution < -0.4 is 10.1 Å². The van der Waals surface area contributed by atoms with Gasteiger partial charge in [0.15, 0.2) is 6.61 Å². The second-order valence-corrected chi connectivity index (χ2v) is 6.05. The lowest BCUT2D eigenvalue weighted by molar-refractivity contribution is -0.384. The van der Waals surface area contributed by atoms with Crippen molar-refractivity contribution in [1.29, 1.82) is 0 Å². The van der Waals surface area contributed by atoms with Gasteiger partial charge in [0.05, 0.1) is 18.1 Å². The van der Waals surface area contributed by atoms with Crippen molar-refractivity contribution < 1.29 is 24.0 Å². The van der Waals surface area contributed by atoms with Gasteiger partial charge in [-0.05, 0) is 42.3 Å². The smallest absolute Gasteiger partial charge is 0.331 e. The van der Waals surface area contributed by atoms with Crippen LogP contribution in [-0.4, -0.2) is 30.5 Å². The maximum absolute atomic E-state index is 11.9. The maximum Gasteiger partial charge on any atom is 0.331 e. The summed E-state index contributed by atoms with van der Waals surface area (Å²) in [5.74, 6) is -1.18. The van der Waals surface area contributed by atoms with E-state index >= 15 is 0 Å². The van der Waals surface area contributed by atoms with E-state index in [1.54, 1.807) is 12.1 Å². The minimum atomic E-state index is -0.740. The number of methoxy groups -OCH3 is 1. The van der Waals surface area contributed by atoms with Crippen molar-refractivity contribution in [1.82, 2.24) is 0 Å². The maximum atomic E-state index is 11.9. The van der Waals surface area contributed by atoms with Gasteiger partial charge >= 0.3 is 5.97 Å². The lowest BCUT2D eigenvalue weighted by atomic mass is 10.1. The van der Waals surface area contributed by atoms with Crippen LogP contribution in [0.5, 0.6) is 5.75 Å². The average Bonchev–Trinajstić information content (AvgIpc) is 2.67. The van der Waals surface area contributed by atoms with Crippen LogP contribution in [0, 0.1) is 17.0 Å². The molecule has 0 heterocycles. The second-order valence-electron chi connectivity index (χ2n) is 5.64. The first-order valence-corrected chi connectivity index (χ1v) is 8.41. The van der Waals surface area contributed by atoms with Crippen molar-refractivity contribution in [3.63, 3.8) is 0 Å². The van der Waals surface area contributed by atoms with Crippen molar-refractivity contribution in [2.24, 2.45) is 0 Å². The molecule has 2 rings (SSSR count). The highest BCUT2D eigenvalue weighted by Gasteiger charge is 2.17. The number of nitrogens with one attached hydrogen (secondary N) is 1. The number of nitrogens with zero attached hydrogens (tertiary/aromatic N) is 1. The number of carbonyl (C=O) groups is 2. The van der Waals surface area contributed by atoms with Gasteiger partial charge < -0.3 is 14.8 Å². The lowest BCUT2D eigenvalue weighted by Gasteiger charge is -2.07. The molecular weight excluding hydrogens is 388 g/mol. The Morgan fingerprint density at radius 1 is 1.25 bits per heavy atom. The normalized spacial score (nSPS) is 10.5. The summed E-state index contributed by atoms with van der Waals surface area (Å²) in [7, 11) is 1.37. The van der Waals surface area contributed by atoms with E-state index in [1.165, 1.54) is 31.4 Å². The molecule has 0 aliphatic heterocycles. The molecule has 2 aromatic rings. The van der Waals surface area contributed by atoms with Crippen molar-refractivity contribution in [3.05, 3.63) is 68.7 Å². The zero-order chi connectivity index (χ0) is 20.7. The minimum Gasteiger partial charge on any atom is -0.496 e. The van der Waals surface area contributed by atoms with E-state index in [2.05, 4.69) is 5.32 Å². The molecule has 0 spiro atoms. The van der Waals surface area contributed by atoms with Gasteiger partial charge in [0.2, 0.25) is 0 Å². The molecule has 0 atom stereocenters. The zero-order valence-corrected chi connectivity index (χ0v) is 15.9. The van der Waals surface area contributed by atoms with E-state index in [9.17, 15) is 19.7 Å². The molecule has 0 saturated heterocycles. The standard InChI is InChI=1S/C19H17ClN2O6/c1-12-3-4-13(9-15(12)20)5-8-19(24)28-11-18(23)21-16-7-6-14(27-2)10-17(16)22(25)26/h3-10H,11H2,1-2H3,(H,21,23)/b8-5+. The summed E-state index contributed by atoms with van der Waals surface area (Å²) in [4.78, 5) is 34.1. The van der Waals surface area contributed by atoms with Crippen LogP contribution in [0.1, 0.15) is 11.1 Å². The molecule has 28 heavy (non-hydrogen) atoms. The number of amides is 1. The van der Waals surface area contributed by atoms with Gasteiger partial charge in [0, 0.05) is 11.1 Å². The largest absolute Gasteiger partial charge is 0.496 e. The van der Waals surface area contributed by atoms with Gasteiger partial charge in [-0.15, -0.1) is 0 Å². The zero-order valence-electron chi connectivity index (χ0n) is 15.1. The van der Waals surface area contributed by atoms with Gasteiger partial charge in [-0.1, -0.05) is 23.7 Å². The van der Waals surface area contributed by atoms with Gasteiger partial charge in [0.25, 0.3) is 11.6 Å². The Balaban J connectivity index is 1.93. The molecule has 1 N–H and O–H groups in total. The number of nitro groups is 1. The average molecular weight is 405 g/mol. The molecule has 9 heteroatoms. The van der Waals surface area contributed by atoms with Crippen LogP contribution in [0.15, 0.2) is 42.5 Å². The predicted molar refractivity (Wildman–Crippen MR) is 104 cm³/mol. The number of carbonyl (C=O) groups excluding carboxylic acids is 2. The highest BCUT2D eigenvalue weighted by atomic mass is 35.5. The predicted octanol–water partition coefficient (Wildman–Crippen LogP) is 3.76. The fourth-order valence-corrected chi connectivity index (χ4v) is 2.33. The third-order valence-corrected chi connectivity index (χ3v) is 4.04. The van der Waals surface area contributed by atoms with E-state index in [1.807, 2.05) is 13.0 Å². The summed E-state index contributed by atoms with van der Waals surface area (Å²) in [5, 5.41) is 14.0. The molecule has 146 valence electrons. The first-order chi connectivity index (χ1) is 13.3. The quantitative estimate of drug-likeness (QED) is 0.326. The Hall–Kier alpha value is -3.39. The Kier molecular flexibility index (Phi) is 7.11. The Labute approximate surface area is 165 Å². The number of nitro benzene ring substituents is 1. The lowest BCUT2D eigenvalue weighted by Crippen LogP contribution is -2.20. The third kappa shape index (κ3) is 5.82. The molecule has 0 aliphatic carbocycles.